The molecule has 0 aliphatic carbocycles. The quantitative estimate of drug-likeness (QED) is 0.250. The fourth-order valence-corrected chi connectivity index (χ4v) is 5.64. The maximum atomic E-state index is 3.92. The first-order valence-electron chi connectivity index (χ1n) is 13.5. The van der Waals surface area contributed by atoms with E-state index in [-0.39, 0.29) is 10.8 Å². The Morgan fingerprint density at radius 3 is 1.58 bits per heavy atom. The van der Waals surface area contributed by atoms with E-state index in [0.29, 0.717) is 0 Å². The van der Waals surface area contributed by atoms with Crippen molar-refractivity contribution in [3.63, 3.8) is 0 Å². The average molecular weight is 514 g/mol. The minimum Gasteiger partial charge on any atom is -0.0645 e. The van der Waals surface area contributed by atoms with Gasteiger partial charge in [-0.2, -0.15) is 0 Å². The van der Waals surface area contributed by atoms with Crippen molar-refractivity contribution in [2.24, 2.45) is 11.8 Å². The van der Waals surface area contributed by atoms with Crippen molar-refractivity contribution in [3.8, 4) is 11.1 Å². The largest absolute Gasteiger partial charge is 0.0645 e. The molecular weight excluding hydrogens is 464 g/mol. The molecule has 0 aromatic heterocycles. The second-order valence-electron chi connectivity index (χ2n) is 11.7. The number of rotatable bonds is 13. The summed E-state index contributed by atoms with van der Waals surface area (Å²) in [6.07, 6.45) is 10.1. The second-order valence-corrected chi connectivity index (χ2v) is 12.5. The molecule has 0 aliphatic heterocycles. The highest BCUT2D eigenvalue weighted by atomic mass is 79.9. The molecule has 2 aromatic rings. The topological polar surface area (TPSA) is 0 Å². The smallest absolute Gasteiger partial charge is 0.0256 e. The van der Waals surface area contributed by atoms with Crippen LogP contribution in [0, 0.1) is 11.8 Å². The summed E-state index contributed by atoms with van der Waals surface area (Å²) >= 11 is 3.92. The Bertz CT molecular complexity index is 847. The summed E-state index contributed by atoms with van der Waals surface area (Å²) in [6.45, 7) is 18.9. The van der Waals surface area contributed by atoms with Gasteiger partial charge in [-0.1, -0.05) is 133 Å². The highest BCUT2D eigenvalue weighted by Gasteiger charge is 2.26. The molecule has 0 saturated carbocycles. The molecule has 1 heteroatoms. The molecule has 33 heavy (non-hydrogen) atoms. The monoisotopic (exact) mass is 512 g/mol. The van der Waals surface area contributed by atoms with Gasteiger partial charge in [-0.25, -0.2) is 0 Å². The Morgan fingerprint density at radius 2 is 1.15 bits per heavy atom. The molecule has 2 aromatic carbocycles. The van der Waals surface area contributed by atoms with Gasteiger partial charge in [0.15, 0.2) is 0 Å². The standard InChI is InChI=1S/C32H49Br/c1-9-31(7,21-11-13-24(3)4)27-17-15-26(16-18-27)29-20-19-28(23-30(29)33)32(8,10-2)22-12-14-25(5)6/h15-20,23-25H,9-14,21-22H2,1-8H3. The maximum Gasteiger partial charge on any atom is 0.0256 e. The minimum atomic E-state index is 0.249. The Balaban J connectivity index is 2.20. The van der Waals surface area contributed by atoms with Crippen molar-refractivity contribution < 1.29 is 0 Å². The van der Waals surface area contributed by atoms with Crippen LogP contribution >= 0.6 is 15.9 Å². The Morgan fingerprint density at radius 1 is 0.697 bits per heavy atom. The molecule has 2 rings (SSSR count). The zero-order valence-corrected chi connectivity index (χ0v) is 24.3. The molecular formula is C32H49Br. The average Bonchev–Trinajstić information content (AvgIpc) is 2.78. The summed E-state index contributed by atoms with van der Waals surface area (Å²) in [5, 5.41) is 0. The van der Waals surface area contributed by atoms with Crippen LogP contribution in [0.25, 0.3) is 11.1 Å². The van der Waals surface area contributed by atoms with Gasteiger partial charge in [-0.15, -0.1) is 0 Å². The number of hydrogen-bond acceptors (Lipinski definition) is 0. The zero-order chi connectivity index (χ0) is 24.6. The van der Waals surface area contributed by atoms with Gasteiger partial charge in [0.25, 0.3) is 0 Å². The first-order chi connectivity index (χ1) is 15.5. The molecule has 0 aliphatic rings. The van der Waals surface area contributed by atoms with Crippen molar-refractivity contribution in [2.45, 2.75) is 118 Å². The molecule has 0 heterocycles. The van der Waals surface area contributed by atoms with Crippen LogP contribution in [0.3, 0.4) is 0 Å². The molecule has 0 nitrogen and oxygen atoms in total. The summed E-state index contributed by atoms with van der Waals surface area (Å²) < 4.78 is 1.21. The van der Waals surface area contributed by atoms with E-state index in [4.69, 9.17) is 0 Å². The van der Waals surface area contributed by atoms with Crippen LogP contribution in [-0.2, 0) is 10.8 Å². The van der Waals surface area contributed by atoms with E-state index in [1.807, 2.05) is 0 Å². The Hall–Kier alpha value is -1.08. The van der Waals surface area contributed by atoms with Crippen LogP contribution in [-0.4, -0.2) is 0 Å². The van der Waals surface area contributed by atoms with E-state index in [0.717, 1.165) is 11.8 Å². The van der Waals surface area contributed by atoms with E-state index in [2.05, 4.69) is 114 Å². The van der Waals surface area contributed by atoms with Gasteiger partial charge in [-0.3, -0.25) is 0 Å². The maximum absolute atomic E-state index is 3.92. The molecule has 2 atom stereocenters. The van der Waals surface area contributed by atoms with Gasteiger partial charge in [-0.05, 0) is 76.7 Å². The lowest BCUT2D eigenvalue weighted by Gasteiger charge is -2.30. The molecule has 0 saturated heterocycles. The molecule has 0 amide bonds. The third-order valence-corrected chi connectivity index (χ3v) is 8.80. The van der Waals surface area contributed by atoms with Crippen molar-refractivity contribution in [3.05, 3.63) is 58.1 Å². The molecule has 0 fully saturated rings. The van der Waals surface area contributed by atoms with Crippen molar-refractivity contribution in [1.82, 2.24) is 0 Å². The summed E-state index contributed by atoms with van der Waals surface area (Å²) in [5.41, 5.74) is 6.06. The number of hydrogen-bond donors (Lipinski definition) is 0. The van der Waals surface area contributed by atoms with Crippen LogP contribution in [0.5, 0.6) is 0 Å². The molecule has 0 spiro atoms. The van der Waals surface area contributed by atoms with Gasteiger partial charge < -0.3 is 0 Å². The fourth-order valence-electron chi connectivity index (χ4n) is 5.03. The third kappa shape index (κ3) is 7.71. The SMILES string of the molecule is CCC(C)(CCCC(C)C)c1ccc(-c2ccc(C(C)(CC)CCCC(C)C)cc2Br)cc1. The zero-order valence-electron chi connectivity index (χ0n) is 22.7. The van der Waals surface area contributed by atoms with E-state index < -0.39 is 0 Å². The predicted molar refractivity (Wildman–Crippen MR) is 152 cm³/mol. The van der Waals surface area contributed by atoms with Gasteiger partial charge in [0.05, 0.1) is 0 Å². The lowest BCUT2D eigenvalue weighted by atomic mass is 9.75. The van der Waals surface area contributed by atoms with Crippen LogP contribution in [0.15, 0.2) is 46.9 Å². The second kappa shape index (κ2) is 12.6. The first kappa shape index (κ1) is 28.2. The lowest BCUT2D eigenvalue weighted by molar-refractivity contribution is 0.382. The minimum absolute atomic E-state index is 0.249. The molecule has 0 N–H and O–H groups in total. The summed E-state index contributed by atoms with van der Waals surface area (Å²) in [6, 6.07) is 16.5. The van der Waals surface area contributed by atoms with Gasteiger partial charge in [0, 0.05) is 4.47 Å². The van der Waals surface area contributed by atoms with Crippen molar-refractivity contribution >= 4 is 15.9 Å². The van der Waals surface area contributed by atoms with Crippen LogP contribution in [0.4, 0.5) is 0 Å². The van der Waals surface area contributed by atoms with Crippen molar-refractivity contribution in [2.75, 3.05) is 0 Å². The van der Waals surface area contributed by atoms with E-state index in [9.17, 15) is 0 Å². The number of halogens is 1. The molecule has 0 bridgehead atoms. The molecule has 2 unspecified atom stereocenters. The Kier molecular flexibility index (Phi) is 10.7. The highest BCUT2D eigenvalue weighted by Crippen LogP contribution is 2.39. The highest BCUT2D eigenvalue weighted by molar-refractivity contribution is 9.10. The van der Waals surface area contributed by atoms with E-state index >= 15 is 0 Å². The molecule has 184 valence electrons. The van der Waals surface area contributed by atoms with E-state index in [1.165, 1.54) is 78.1 Å². The third-order valence-electron chi connectivity index (χ3n) is 8.14. The van der Waals surface area contributed by atoms with Gasteiger partial charge in [0.2, 0.25) is 0 Å². The van der Waals surface area contributed by atoms with E-state index in [1.54, 1.807) is 0 Å². The van der Waals surface area contributed by atoms with Gasteiger partial charge >= 0.3 is 0 Å². The van der Waals surface area contributed by atoms with Gasteiger partial charge in [0.1, 0.15) is 0 Å². The van der Waals surface area contributed by atoms with Crippen LogP contribution < -0.4 is 0 Å². The summed E-state index contributed by atoms with van der Waals surface area (Å²) in [7, 11) is 0. The summed E-state index contributed by atoms with van der Waals surface area (Å²) in [4.78, 5) is 0. The predicted octanol–water partition coefficient (Wildman–Crippen LogP) is 11.1. The van der Waals surface area contributed by atoms with Crippen LogP contribution in [0.1, 0.15) is 118 Å². The summed E-state index contributed by atoms with van der Waals surface area (Å²) in [5.74, 6) is 1.58. The first-order valence-corrected chi connectivity index (χ1v) is 14.2. The van der Waals surface area contributed by atoms with Crippen LogP contribution in [0.2, 0.25) is 0 Å². The van der Waals surface area contributed by atoms with Crippen molar-refractivity contribution in [1.29, 1.82) is 0 Å². The normalized spacial score (nSPS) is 15.6. The molecule has 0 radical (unpaired) electrons. The lowest BCUT2D eigenvalue weighted by Crippen LogP contribution is -2.21. The number of benzene rings is 2. The Labute approximate surface area is 214 Å². The fraction of sp³-hybridized carbons (Fsp3) is 0.625.